The zero-order chi connectivity index (χ0) is 26.5. The van der Waals surface area contributed by atoms with Crippen LogP contribution >= 0.6 is 0 Å². The van der Waals surface area contributed by atoms with Crippen LogP contribution in [0.5, 0.6) is 0 Å². The zero-order valence-corrected chi connectivity index (χ0v) is 19.8. The fraction of sp³-hybridized carbons (Fsp3) is 0.619. The smallest absolute Gasteiger partial charge is 0.326 e. The molecule has 0 aromatic carbocycles. The van der Waals surface area contributed by atoms with Crippen LogP contribution in [0.1, 0.15) is 45.2 Å². The first-order valence-electron chi connectivity index (χ1n) is 11.2. The third-order valence-electron chi connectivity index (χ3n) is 5.15. The van der Waals surface area contributed by atoms with E-state index in [1.54, 1.807) is 13.8 Å². The molecule has 0 fully saturated rings. The number of nitrogens with one attached hydrogen (secondary N) is 4. The topological polar surface area (TPSA) is 243 Å². The van der Waals surface area contributed by atoms with Crippen molar-refractivity contribution in [2.24, 2.45) is 17.4 Å². The Balaban J connectivity index is 3.06. The van der Waals surface area contributed by atoms with Gasteiger partial charge in [-0.2, -0.15) is 0 Å². The summed E-state index contributed by atoms with van der Waals surface area (Å²) >= 11 is 0. The molecule has 0 saturated carbocycles. The molecule has 1 aromatic rings. The third-order valence-corrected chi connectivity index (χ3v) is 5.15. The molecule has 1 aromatic heterocycles. The molecule has 0 aliphatic rings. The maximum Gasteiger partial charge on any atom is 0.326 e. The molecule has 4 atom stereocenters. The summed E-state index contributed by atoms with van der Waals surface area (Å²) in [5.74, 6) is -5.19. The Bertz CT molecular complexity index is 860. The van der Waals surface area contributed by atoms with Gasteiger partial charge in [-0.05, 0) is 31.7 Å². The predicted molar refractivity (Wildman–Crippen MR) is 124 cm³/mol. The molecule has 0 bridgehead atoms. The van der Waals surface area contributed by atoms with Gasteiger partial charge in [-0.1, -0.05) is 13.8 Å². The number of amides is 3. The predicted octanol–water partition coefficient (Wildman–Crippen LogP) is -1.92. The molecule has 10 N–H and O–H groups in total. The Morgan fingerprint density at radius 3 is 2.14 bits per heavy atom. The van der Waals surface area contributed by atoms with Gasteiger partial charge in [-0.15, -0.1) is 0 Å². The van der Waals surface area contributed by atoms with Crippen LogP contribution in [0, 0.1) is 5.92 Å². The van der Waals surface area contributed by atoms with E-state index < -0.39 is 66.2 Å². The number of aromatic nitrogens is 2. The molecule has 1 rings (SSSR count). The van der Waals surface area contributed by atoms with Gasteiger partial charge in [0.2, 0.25) is 17.7 Å². The van der Waals surface area contributed by atoms with Gasteiger partial charge in [0, 0.05) is 18.3 Å². The molecule has 0 saturated heterocycles. The number of carbonyl (C=O) groups excluding carboxylic acids is 3. The van der Waals surface area contributed by atoms with Crippen molar-refractivity contribution in [2.45, 2.75) is 70.1 Å². The lowest BCUT2D eigenvalue weighted by Gasteiger charge is -2.26. The van der Waals surface area contributed by atoms with Crippen molar-refractivity contribution in [2.75, 3.05) is 6.54 Å². The van der Waals surface area contributed by atoms with E-state index in [9.17, 15) is 29.1 Å². The van der Waals surface area contributed by atoms with E-state index >= 15 is 0 Å². The summed E-state index contributed by atoms with van der Waals surface area (Å²) in [6.07, 6.45) is 3.39. The number of rotatable bonds is 16. The lowest BCUT2D eigenvalue weighted by atomic mass is 10.0. The summed E-state index contributed by atoms with van der Waals surface area (Å²) in [4.78, 5) is 67.4. The van der Waals surface area contributed by atoms with Crippen molar-refractivity contribution in [1.29, 1.82) is 0 Å². The molecule has 14 heteroatoms. The first-order chi connectivity index (χ1) is 16.5. The molecule has 196 valence electrons. The van der Waals surface area contributed by atoms with Crippen LogP contribution in [0.15, 0.2) is 12.5 Å². The fourth-order valence-electron chi connectivity index (χ4n) is 3.19. The first-order valence-corrected chi connectivity index (χ1v) is 11.2. The molecule has 4 unspecified atom stereocenters. The summed E-state index contributed by atoms with van der Waals surface area (Å²) < 4.78 is 0. The normalized spacial score (nSPS) is 14.4. The van der Waals surface area contributed by atoms with Crippen LogP contribution in [-0.4, -0.2) is 80.6 Å². The van der Waals surface area contributed by atoms with E-state index in [0.29, 0.717) is 25.1 Å². The van der Waals surface area contributed by atoms with Gasteiger partial charge in [0.1, 0.15) is 18.1 Å². The van der Waals surface area contributed by atoms with Crippen molar-refractivity contribution >= 4 is 29.7 Å². The number of H-pyrrole nitrogens is 1. The minimum Gasteiger partial charge on any atom is -0.481 e. The van der Waals surface area contributed by atoms with Gasteiger partial charge in [-0.25, -0.2) is 9.78 Å². The number of nitrogens with two attached hydrogens (primary N) is 2. The summed E-state index contributed by atoms with van der Waals surface area (Å²) in [6, 6.07) is -4.86. The second kappa shape index (κ2) is 14.7. The number of aromatic amines is 1. The summed E-state index contributed by atoms with van der Waals surface area (Å²) in [5.41, 5.74) is 11.6. The summed E-state index contributed by atoms with van der Waals surface area (Å²) in [7, 11) is 0. The molecular formula is C21H35N7O7. The summed E-state index contributed by atoms with van der Waals surface area (Å²) in [5, 5.41) is 25.7. The second-order valence-electron chi connectivity index (χ2n) is 8.46. The molecule has 14 nitrogen and oxygen atoms in total. The minimum atomic E-state index is -1.37. The van der Waals surface area contributed by atoms with Crippen molar-refractivity contribution in [3.63, 3.8) is 0 Å². The molecule has 3 amide bonds. The van der Waals surface area contributed by atoms with Crippen molar-refractivity contribution in [1.82, 2.24) is 25.9 Å². The fourth-order valence-corrected chi connectivity index (χ4v) is 3.19. The van der Waals surface area contributed by atoms with Gasteiger partial charge in [0.25, 0.3) is 0 Å². The van der Waals surface area contributed by atoms with E-state index in [-0.39, 0.29) is 12.8 Å². The van der Waals surface area contributed by atoms with Crippen LogP contribution in [0.25, 0.3) is 0 Å². The lowest BCUT2D eigenvalue weighted by molar-refractivity contribution is -0.143. The second-order valence-corrected chi connectivity index (χ2v) is 8.46. The lowest BCUT2D eigenvalue weighted by Crippen LogP contribution is -2.58. The largest absolute Gasteiger partial charge is 0.481 e. The van der Waals surface area contributed by atoms with Crippen molar-refractivity contribution in [3.05, 3.63) is 18.2 Å². The molecule has 0 aliphatic carbocycles. The van der Waals surface area contributed by atoms with Crippen LogP contribution in [0.2, 0.25) is 0 Å². The van der Waals surface area contributed by atoms with E-state index in [2.05, 4.69) is 25.9 Å². The van der Waals surface area contributed by atoms with Crippen LogP contribution < -0.4 is 27.4 Å². The maximum atomic E-state index is 13.1. The number of carboxylic acids is 2. The number of nitrogens with zero attached hydrogens (tertiary/aromatic N) is 1. The van der Waals surface area contributed by atoms with E-state index in [1.165, 1.54) is 12.5 Å². The quantitative estimate of drug-likeness (QED) is 0.118. The average Bonchev–Trinajstić information content (AvgIpc) is 3.28. The van der Waals surface area contributed by atoms with E-state index in [1.807, 2.05) is 0 Å². The molecule has 1 heterocycles. The number of aliphatic carboxylic acids is 2. The average molecular weight is 498 g/mol. The number of hydrogen-bond donors (Lipinski definition) is 8. The monoisotopic (exact) mass is 497 g/mol. The van der Waals surface area contributed by atoms with Crippen LogP contribution in [-0.2, 0) is 30.4 Å². The van der Waals surface area contributed by atoms with Gasteiger partial charge in [-0.3, -0.25) is 19.2 Å². The van der Waals surface area contributed by atoms with Gasteiger partial charge in [0.05, 0.1) is 18.8 Å². The Morgan fingerprint density at radius 2 is 1.63 bits per heavy atom. The van der Waals surface area contributed by atoms with Crippen molar-refractivity contribution < 1.29 is 34.2 Å². The minimum absolute atomic E-state index is 0.0238. The molecule has 35 heavy (non-hydrogen) atoms. The Hall–Kier alpha value is -3.52. The van der Waals surface area contributed by atoms with Crippen molar-refractivity contribution in [3.8, 4) is 0 Å². The van der Waals surface area contributed by atoms with Crippen LogP contribution in [0.4, 0.5) is 0 Å². The number of carbonyl (C=O) groups is 5. The molecule has 0 spiro atoms. The highest BCUT2D eigenvalue weighted by molar-refractivity contribution is 5.94. The highest BCUT2D eigenvalue weighted by Gasteiger charge is 2.31. The Morgan fingerprint density at radius 1 is 1.00 bits per heavy atom. The number of carboxylic acid groups (broad SMARTS) is 2. The SMILES string of the molecule is CC(C)C(NC(=O)C(Cc1cnc[nH]1)NC(=O)C(CCCCN)NC(=O)C(N)CC(=O)O)C(=O)O. The standard InChI is InChI=1S/C21H35N7O7/c1-11(2)17(21(34)35)28-20(33)15(7-12-9-24-10-25-12)27-19(32)14(5-3-4-6-22)26-18(31)13(23)8-16(29)30/h9-11,13-15,17H,3-8,22-23H2,1-2H3,(H,24,25)(H,26,31)(H,27,32)(H,28,33)(H,29,30)(H,34,35). The third kappa shape index (κ3) is 10.5. The van der Waals surface area contributed by atoms with E-state index in [4.69, 9.17) is 16.6 Å². The van der Waals surface area contributed by atoms with Crippen LogP contribution in [0.3, 0.4) is 0 Å². The van der Waals surface area contributed by atoms with E-state index in [0.717, 1.165) is 0 Å². The number of imidazole rings is 1. The number of hydrogen-bond acceptors (Lipinski definition) is 8. The maximum absolute atomic E-state index is 13.1. The van der Waals surface area contributed by atoms with Gasteiger partial charge < -0.3 is 42.6 Å². The highest BCUT2D eigenvalue weighted by atomic mass is 16.4. The number of unbranched alkanes of at least 4 members (excludes halogenated alkanes) is 1. The first kappa shape index (κ1) is 29.5. The highest BCUT2D eigenvalue weighted by Crippen LogP contribution is 2.07. The molecular weight excluding hydrogens is 462 g/mol. The summed E-state index contributed by atoms with van der Waals surface area (Å²) in [6.45, 7) is 3.62. The Labute approximate surface area is 202 Å². The van der Waals surface area contributed by atoms with Gasteiger partial charge in [0.15, 0.2) is 0 Å². The molecule has 0 radical (unpaired) electrons. The Kier molecular flexibility index (Phi) is 12.4. The molecule has 0 aliphatic heterocycles. The van der Waals surface area contributed by atoms with Gasteiger partial charge >= 0.3 is 11.9 Å². The zero-order valence-electron chi connectivity index (χ0n) is 19.8.